The summed E-state index contributed by atoms with van der Waals surface area (Å²) in [6.07, 6.45) is 2.15. The van der Waals surface area contributed by atoms with Crippen LogP contribution in [0.5, 0.6) is 0 Å². The molecule has 0 spiro atoms. The Morgan fingerprint density at radius 3 is 2.29 bits per heavy atom. The molecule has 1 nitrogen and oxygen atoms in total. The van der Waals surface area contributed by atoms with Gasteiger partial charge in [0.15, 0.2) is 0 Å². The van der Waals surface area contributed by atoms with E-state index in [1.54, 1.807) is 0 Å². The second-order valence-corrected chi connectivity index (χ2v) is 6.57. The van der Waals surface area contributed by atoms with Crippen LogP contribution >= 0.6 is 11.6 Å². The molecule has 1 unspecified atom stereocenters. The van der Waals surface area contributed by atoms with Crippen molar-refractivity contribution >= 4 is 11.6 Å². The summed E-state index contributed by atoms with van der Waals surface area (Å²) in [4.78, 5) is 0. The SMILES string of the molecule is Cc1cc(C(N)CCC(C)(C)C)c(C)cc1Cl. The molecule has 0 aromatic heterocycles. The third-order valence-corrected chi connectivity index (χ3v) is 3.56. The van der Waals surface area contributed by atoms with Gasteiger partial charge >= 0.3 is 0 Å². The summed E-state index contributed by atoms with van der Waals surface area (Å²) in [5.74, 6) is 0. The van der Waals surface area contributed by atoms with Crippen molar-refractivity contribution in [2.75, 3.05) is 0 Å². The first-order chi connectivity index (χ1) is 7.70. The van der Waals surface area contributed by atoms with Crippen molar-refractivity contribution in [2.24, 2.45) is 11.1 Å². The van der Waals surface area contributed by atoms with Gasteiger partial charge in [0.05, 0.1) is 0 Å². The molecule has 0 aliphatic heterocycles. The minimum absolute atomic E-state index is 0.116. The van der Waals surface area contributed by atoms with E-state index >= 15 is 0 Å². The maximum absolute atomic E-state index is 6.28. The van der Waals surface area contributed by atoms with E-state index in [9.17, 15) is 0 Å². The molecular weight excluding hydrogens is 230 g/mol. The third kappa shape index (κ3) is 4.33. The van der Waals surface area contributed by atoms with Gasteiger partial charge in [-0.25, -0.2) is 0 Å². The van der Waals surface area contributed by atoms with Crippen LogP contribution in [0.1, 0.15) is 56.3 Å². The fourth-order valence-electron chi connectivity index (χ4n) is 1.95. The smallest absolute Gasteiger partial charge is 0.0438 e. The lowest BCUT2D eigenvalue weighted by Gasteiger charge is -2.22. The van der Waals surface area contributed by atoms with Crippen molar-refractivity contribution in [1.29, 1.82) is 0 Å². The first-order valence-electron chi connectivity index (χ1n) is 6.23. The van der Waals surface area contributed by atoms with Gasteiger partial charge in [-0.2, -0.15) is 0 Å². The highest BCUT2D eigenvalue weighted by atomic mass is 35.5. The molecule has 2 heteroatoms. The van der Waals surface area contributed by atoms with Gasteiger partial charge in [-0.05, 0) is 54.9 Å². The fraction of sp³-hybridized carbons (Fsp3) is 0.600. The Bertz CT molecular complexity index is 391. The molecule has 96 valence electrons. The molecule has 0 fully saturated rings. The van der Waals surface area contributed by atoms with Crippen LogP contribution in [-0.4, -0.2) is 0 Å². The van der Waals surface area contributed by atoms with Crippen molar-refractivity contribution in [3.63, 3.8) is 0 Å². The van der Waals surface area contributed by atoms with Gasteiger partial charge in [-0.15, -0.1) is 0 Å². The highest BCUT2D eigenvalue weighted by Crippen LogP contribution is 2.29. The lowest BCUT2D eigenvalue weighted by molar-refractivity contribution is 0.349. The molecule has 17 heavy (non-hydrogen) atoms. The first kappa shape index (κ1) is 14.5. The fourth-order valence-corrected chi connectivity index (χ4v) is 2.16. The van der Waals surface area contributed by atoms with Crippen molar-refractivity contribution in [1.82, 2.24) is 0 Å². The van der Waals surface area contributed by atoms with E-state index in [0.717, 1.165) is 23.4 Å². The minimum Gasteiger partial charge on any atom is -0.324 e. The molecule has 0 aliphatic carbocycles. The molecule has 0 heterocycles. The quantitative estimate of drug-likeness (QED) is 0.824. The number of aryl methyl sites for hydroxylation is 2. The van der Waals surface area contributed by atoms with Crippen molar-refractivity contribution < 1.29 is 0 Å². The van der Waals surface area contributed by atoms with E-state index in [4.69, 9.17) is 17.3 Å². The van der Waals surface area contributed by atoms with E-state index in [1.807, 2.05) is 13.0 Å². The molecule has 0 saturated heterocycles. The minimum atomic E-state index is 0.116. The summed E-state index contributed by atoms with van der Waals surface area (Å²) >= 11 is 6.10. The topological polar surface area (TPSA) is 26.0 Å². The van der Waals surface area contributed by atoms with E-state index in [1.165, 1.54) is 11.1 Å². The molecule has 0 saturated carbocycles. The molecule has 1 aromatic rings. The second kappa shape index (κ2) is 5.41. The van der Waals surface area contributed by atoms with Crippen LogP contribution in [0, 0.1) is 19.3 Å². The summed E-state index contributed by atoms with van der Waals surface area (Å²) in [5, 5.41) is 0.828. The molecule has 1 atom stereocenters. The molecule has 1 rings (SSSR count). The lowest BCUT2D eigenvalue weighted by Crippen LogP contribution is -2.16. The largest absolute Gasteiger partial charge is 0.324 e. The molecule has 0 radical (unpaired) electrons. The number of hydrogen-bond acceptors (Lipinski definition) is 1. The Kier molecular flexibility index (Phi) is 4.62. The Morgan fingerprint density at radius 1 is 1.18 bits per heavy atom. The molecule has 0 aliphatic rings. The molecule has 1 aromatic carbocycles. The number of rotatable bonds is 3. The number of halogens is 1. The van der Waals surface area contributed by atoms with Gasteiger partial charge in [0.1, 0.15) is 0 Å². The normalized spacial score (nSPS) is 13.8. The summed E-state index contributed by atoms with van der Waals surface area (Å²) in [6.45, 7) is 10.9. The molecular formula is C15H24ClN. The average molecular weight is 254 g/mol. The summed E-state index contributed by atoms with van der Waals surface area (Å²) in [5.41, 5.74) is 10.2. The standard InChI is InChI=1S/C15H24ClN/c1-10-9-13(16)11(2)8-12(10)14(17)6-7-15(3,4)5/h8-9,14H,6-7,17H2,1-5H3. The van der Waals surface area contributed by atoms with Crippen LogP contribution in [0.4, 0.5) is 0 Å². The third-order valence-electron chi connectivity index (χ3n) is 3.15. The molecule has 2 N–H and O–H groups in total. The second-order valence-electron chi connectivity index (χ2n) is 6.16. The Morgan fingerprint density at radius 2 is 1.76 bits per heavy atom. The van der Waals surface area contributed by atoms with Gasteiger partial charge in [0.2, 0.25) is 0 Å². The van der Waals surface area contributed by atoms with Gasteiger partial charge < -0.3 is 5.73 Å². The van der Waals surface area contributed by atoms with E-state index in [-0.39, 0.29) is 6.04 Å². The molecule has 0 amide bonds. The predicted octanol–water partition coefficient (Wildman–Crippen LogP) is 4.78. The Balaban J connectivity index is 2.82. The first-order valence-corrected chi connectivity index (χ1v) is 6.61. The number of nitrogens with two attached hydrogens (primary N) is 1. The predicted molar refractivity (Wildman–Crippen MR) is 76.5 cm³/mol. The zero-order valence-electron chi connectivity index (χ0n) is 11.6. The Hall–Kier alpha value is -0.530. The van der Waals surface area contributed by atoms with Crippen LogP contribution in [0.2, 0.25) is 5.02 Å². The van der Waals surface area contributed by atoms with Crippen molar-refractivity contribution in [2.45, 2.75) is 53.5 Å². The van der Waals surface area contributed by atoms with Crippen LogP contribution < -0.4 is 5.73 Å². The lowest BCUT2D eigenvalue weighted by atomic mass is 9.86. The zero-order chi connectivity index (χ0) is 13.2. The summed E-state index contributed by atoms with van der Waals surface area (Å²) in [6, 6.07) is 4.26. The maximum atomic E-state index is 6.28. The monoisotopic (exact) mass is 253 g/mol. The van der Waals surface area contributed by atoms with Gasteiger partial charge in [0, 0.05) is 11.1 Å². The van der Waals surface area contributed by atoms with Crippen LogP contribution in [0.25, 0.3) is 0 Å². The summed E-state index contributed by atoms with van der Waals surface area (Å²) < 4.78 is 0. The van der Waals surface area contributed by atoms with E-state index in [0.29, 0.717) is 5.41 Å². The van der Waals surface area contributed by atoms with Gasteiger partial charge in [-0.1, -0.05) is 38.4 Å². The summed E-state index contributed by atoms with van der Waals surface area (Å²) in [7, 11) is 0. The molecule has 0 bridgehead atoms. The zero-order valence-corrected chi connectivity index (χ0v) is 12.4. The van der Waals surface area contributed by atoms with Crippen LogP contribution in [-0.2, 0) is 0 Å². The van der Waals surface area contributed by atoms with Crippen LogP contribution in [0.3, 0.4) is 0 Å². The highest BCUT2D eigenvalue weighted by Gasteiger charge is 2.16. The van der Waals surface area contributed by atoms with Crippen LogP contribution in [0.15, 0.2) is 12.1 Å². The highest BCUT2D eigenvalue weighted by molar-refractivity contribution is 6.31. The van der Waals surface area contributed by atoms with Gasteiger partial charge in [-0.3, -0.25) is 0 Å². The van der Waals surface area contributed by atoms with E-state index < -0.39 is 0 Å². The maximum Gasteiger partial charge on any atom is 0.0438 e. The van der Waals surface area contributed by atoms with Gasteiger partial charge in [0.25, 0.3) is 0 Å². The average Bonchev–Trinajstić information content (AvgIpc) is 2.19. The van der Waals surface area contributed by atoms with E-state index in [2.05, 4.69) is 33.8 Å². The van der Waals surface area contributed by atoms with Crippen molar-refractivity contribution in [3.8, 4) is 0 Å². The number of benzene rings is 1. The number of hydrogen-bond donors (Lipinski definition) is 1. The van der Waals surface area contributed by atoms with Crippen molar-refractivity contribution in [3.05, 3.63) is 33.8 Å². The Labute approximate surface area is 110 Å².